The molecule has 0 heterocycles. The fraction of sp³-hybridized carbons (Fsp3) is 0.667. The number of hydrogen-bond donors (Lipinski definition) is 1. The average molecular weight is 226 g/mol. The molecule has 0 saturated carbocycles. The van der Waals surface area contributed by atoms with Gasteiger partial charge in [0.1, 0.15) is 0 Å². The molecule has 0 aliphatic carbocycles. The van der Waals surface area contributed by atoms with Gasteiger partial charge in [-0.15, -0.1) is 6.42 Å². The SMILES string of the molecule is C#CC(OC(=O)CCCC(=O)O)C(C)(C)C. The molecule has 0 bridgehead atoms. The number of carbonyl (C=O) groups is 2. The lowest BCUT2D eigenvalue weighted by molar-refractivity contribution is -0.150. The van der Waals surface area contributed by atoms with Crippen LogP contribution in [0.5, 0.6) is 0 Å². The molecule has 0 aliphatic rings. The molecule has 0 aromatic rings. The van der Waals surface area contributed by atoms with Crippen LogP contribution in [0.2, 0.25) is 0 Å². The molecule has 1 atom stereocenters. The van der Waals surface area contributed by atoms with E-state index in [1.807, 2.05) is 20.8 Å². The molecule has 0 saturated heterocycles. The summed E-state index contributed by atoms with van der Waals surface area (Å²) in [7, 11) is 0. The number of esters is 1. The first kappa shape index (κ1) is 14.5. The molecule has 1 N–H and O–H groups in total. The van der Waals surface area contributed by atoms with Crippen LogP contribution < -0.4 is 0 Å². The molecule has 0 aliphatic heterocycles. The van der Waals surface area contributed by atoms with Gasteiger partial charge in [0.2, 0.25) is 0 Å². The molecule has 0 fully saturated rings. The summed E-state index contributed by atoms with van der Waals surface area (Å²) in [5.74, 6) is 1.05. The van der Waals surface area contributed by atoms with Crippen LogP contribution in [0.1, 0.15) is 40.0 Å². The average Bonchev–Trinajstić information content (AvgIpc) is 2.11. The number of carboxylic acids is 1. The molecule has 0 amide bonds. The van der Waals surface area contributed by atoms with Crippen LogP contribution in [-0.4, -0.2) is 23.1 Å². The number of carboxylic acid groups (broad SMARTS) is 1. The lowest BCUT2D eigenvalue weighted by Crippen LogP contribution is -2.30. The third-order valence-electron chi connectivity index (χ3n) is 1.96. The first-order chi connectivity index (χ1) is 7.27. The number of terminal acetylenes is 1. The van der Waals surface area contributed by atoms with Gasteiger partial charge >= 0.3 is 11.9 Å². The number of aliphatic carboxylic acids is 1. The summed E-state index contributed by atoms with van der Waals surface area (Å²) in [6.07, 6.45) is 5.00. The van der Waals surface area contributed by atoms with Gasteiger partial charge in [-0.25, -0.2) is 0 Å². The van der Waals surface area contributed by atoms with Crippen molar-refractivity contribution in [3.8, 4) is 12.3 Å². The van der Waals surface area contributed by atoms with Gasteiger partial charge in [0.05, 0.1) is 0 Å². The molecule has 90 valence electrons. The van der Waals surface area contributed by atoms with E-state index in [1.165, 1.54) is 0 Å². The van der Waals surface area contributed by atoms with Gasteiger partial charge in [-0.05, 0) is 6.42 Å². The quantitative estimate of drug-likeness (QED) is 0.574. The molecule has 4 nitrogen and oxygen atoms in total. The molecular weight excluding hydrogens is 208 g/mol. The van der Waals surface area contributed by atoms with E-state index in [4.69, 9.17) is 16.3 Å². The van der Waals surface area contributed by atoms with Crippen LogP contribution in [-0.2, 0) is 14.3 Å². The summed E-state index contributed by atoms with van der Waals surface area (Å²) in [5.41, 5.74) is -0.308. The Bertz CT molecular complexity index is 293. The molecule has 1 unspecified atom stereocenters. The van der Waals surface area contributed by atoms with Gasteiger partial charge in [0.25, 0.3) is 0 Å². The van der Waals surface area contributed by atoms with Crippen LogP contribution >= 0.6 is 0 Å². The van der Waals surface area contributed by atoms with Crippen molar-refractivity contribution in [1.29, 1.82) is 0 Å². The van der Waals surface area contributed by atoms with E-state index in [1.54, 1.807) is 0 Å². The summed E-state index contributed by atoms with van der Waals surface area (Å²) in [4.78, 5) is 21.6. The Hall–Kier alpha value is -1.50. The van der Waals surface area contributed by atoms with Crippen molar-refractivity contribution < 1.29 is 19.4 Å². The zero-order chi connectivity index (χ0) is 12.8. The van der Waals surface area contributed by atoms with Crippen molar-refractivity contribution in [3.63, 3.8) is 0 Å². The van der Waals surface area contributed by atoms with E-state index >= 15 is 0 Å². The second kappa shape index (κ2) is 6.16. The van der Waals surface area contributed by atoms with E-state index in [0.717, 1.165) is 0 Å². The highest BCUT2D eigenvalue weighted by atomic mass is 16.5. The van der Waals surface area contributed by atoms with Gasteiger partial charge < -0.3 is 9.84 Å². The van der Waals surface area contributed by atoms with E-state index in [2.05, 4.69) is 5.92 Å². The van der Waals surface area contributed by atoms with Gasteiger partial charge in [-0.2, -0.15) is 0 Å². The Balaban J connectivity index is 4.04. The van der Waals surface area contributed by atoms with Crippen LogP contribution in [0.25, 0.3) is 0 Å². The fourth-order valence-corrected chi connectivity index (χ4v) is 1.04. The van der Waals surface area contributed by atoms with Crippen molar-refractivity contribution in [2.24, 2.45) is 5.41 Å². The van der Waals surface area contributed by atoms with Gasteiger partial charge in [0.15, 0.2) is 6.10 Å². The minimum atomic E-state index is -0.919. The highest BCUT2D eigenvalue weighted by Gasteiger charge is 2.26. The maximum atomic E-state index is 11.3. The molecule has 4 heteroatoms. The van der Waals surface area contributed by atoms with Gasteiger partial charge in [-0.1, -0.05) is 26.7 Å². The Morgan fingerprint density at radius 3 is 2.31 bits per heavy atom. The molecular formula is C12H18O4. The van der Waals surface area contributed by atoms with Crippen LogP contribution in [0, 0.1) is 17.8 Å². The van der Waals surface area contributed by atoms with E-state index in [-0.39, 0.29) is 24.7 Å². The Labute approximate surface area is 96.0 Å². The lowest BCUT2D eigenvalue weighted by Gasteiger charge is -2.25. The summed E-state index contributed by atoms with van der Waals surface area (Å²) in [6, 6.07) is 0. The van der Waals surface area contributed by atoms with Crippen molar-refractivity contribution in [3.05, 3.63) is 0 Å². The molecule has 0 aromatic carbocycles. The highest BCUT2D eigenvalue weighted by molar-refractivity contribution is 5.71. The van der Waals surface area contributed by atoms with Crippen molar-refractivity contribution in [1.82, 2.24) is 0 Å². The Kier molecular flexibility index (Phi) is 5.59. The van der Waals surface area contributed by atoms with Crippen molar-refractivity contribution in [2.45, 2.75) is 46.1 Å². The fourth-order valence-electron chi connectivity index (χ4n) is 1.04. The van der Waals surface area contributed by atoms with Gasteiger partial charge in [-0.3, -0.25) is 9.59 Å². The molecule has 0 spiro atoms. The van der Waals surface area contributed by atoms with Crippen LogP contribution in [0.15, 0.2) is 0 Å². The normalized spacial score (nSPS) is 12.6. The van der Waals surface area contributed by atoms with Gasteiger partial charge in [0, 0.05) is 18.3 Å². The smallest absolute Gasteiger partial charge is 0.307 e. The first-order valence-corrected chi connectivity index (χ1v) is 5.14. The Morgan fingerprint density at radius 1 is 1.38 bits per heavy atom. The molecule has 0 radical (unpaired) electrons. The largest absolute Gasteiger partial charge is 0.481 e. The summed E-state index contributed by atoms with van der Waals surface area (Å²) >= 11 is 0. The highest BCUT2D eigenvalue weighted by Crippen LogP contribution is 2.22. The standard InChI is InChI=1S/C12H18O4/c1-5-9(12(2,3)4)16-11(15)8-6-7-10(13)14/h1,9H,6-8H2,2-4H3,(H,13,14). The van der Waals surface area contributed by atoms with Crippen molar-refractivity contribution >= 4 is 11.9 Å². The minimum absolute atomic E-state index is 0.0364. The lowest BCUT2D eigenvalue weighted by atomic mass is 9.89. The Morgan fingerprint density at radius 2 is 1.94 bits per heavy atom. The predicted octanol–water partition coefficient (Wildman–Crippen LogP) is 1.83. The van der Waals surface area contributed by atoms with E-state index in [0.29, 0.717) is 0 Å². The second-order valence-electron chi connectivity index (χ2n) is 4.65. The topological polar surface area (TPSA) is 63.6 Å². The zero-order valence-corrected chi connectivity index (χ0v) is 9.95. The number of rotatable bonds is 5. The van der Waals surface area contributed by atoms with Crippen LogP contribution in [0.3, 0.4) is 0 Å². The number of hydrogen-bond acceptors (Lipinski definition) is 3. The molecule has 0 aromatic heterocycles. The van der Waals surface area contributed by atoms with E-state index in [9.17, 15) is 9.59 Å². The number of carbonyl (C=O) groups excluding carboxylic acids is 1. The second-order valence-corrected chi connectivity index (χ2v) is 4.65. The maximum Gasteiger partial charge on any atom is 0.307 e. The third-order valence-corrected chi connectivity index (χ3v) is 1.96. The predicted molar refractivity (Wildman–Crippen MR) is 59.7 cm³/mol. The maximum absolute atomic E-state index is 11.3. The summed E-state index contributed by atoms with van der Waals surface area (Å²) in [5, 5.41) is 8.40. The van der Waals surface area contributed by atoms with Crippen LogP contribution in [0.4, 0.5) is 0 Å². The van der Waals surface area contributed by atoms with E-state index < -0.39 is 18.0 Å². The van der Waals surface area contributed by atoms with Crippen molar-refractivity contribution in [2.75, 3.05) is 0 Å². The summed E-state index contributed by atoms with van der Waals surface area (Å²) in [6.45, 7) is 5.63. The number of ether oxygens (including phenoxy) is 1. The molecule has 16 heavy (non-hydrogen) atoms. The monoisotopic (exact) mass is 226 g/mol. The minimum Gasteiger partial charge on any atom is -0.481 e. The zero-order valence-electron chi connectivity index (χ0n) is 9.95. The summed E-state index contributed by atoms with van der Waals surface area (Å²) < 4.78 is 5.08. The first-order valence-electron chi connectivity index (χ1n) is 5.14. The molecule has 0 rings (SSSR count). The third kappa shape index (κ3) is 6.07.